The standard InChI is InChI=1S/C12H11N3O2S2/c1-6-7(2)19-10-9(6)11(16)15(12(18)13-10)5-8-3-4-17-14-8/h3-4H,5H2,1-2H3,(H,13,18). The van der Waals surface area contributed by atoms with Gasteiger partial charge in [0.05, 0.1) is 11.9 Å². The highest BCUT2D eigenvalue weighted by atomic mass is 32.1. The molecule has 0 unspecified atom stereocenters. The lowest BCUT2D eigenvalue weighted by Gasteiger charge is -2.04. The molecule has 0 aliphatic carbocycles. The van der Waals surface area contributed by atoms with Crippen LogP contribution in [0.15, 0.2) is 21.6 Å². The molecule has 0 amide bonds. The van der Waals surface area contributed by atoms with Crippen molar-refractivity contribution >= 4 is 33.8 Å². The molecule has 0 fully saturated rings. The molecule has 19 heavy (non-hydrogen) atoms. The minimum absolute atomic E-state index is 0.0800. The first-order chi connectivity index (χ1) is 9.08. The average Bonchev–Trinajstić information content (AvgIpc) is 2.95. The zero-order valence-corrected chi connectivity index (χ0v) is 12.0. The maximum absolute atomic E-state index is 12.5. The summed E-state index contributed by atoms with van der Waals surface area (Å²) in [5.74, 6) is 0. The van der Waals surface area contributed by atoms with Crippen LogP contribution in [0.25, 0.3) is 10.2 Å². The van der Waals surface area contributed by atoms with Crippen LogP contribution in [0.2, 0.25) is 0 Å². The first kappa shape index (κ1) is 12.3. The Morgan fingerprint density at radius 3 is 3.00 bits per heavy atom. The third kappa shape index (κ3) is 1.95. The Bertz CT molecular complexity index is 856. The van der Waals surface area contributed by atoms with Crippen molar-refractivity contribution in [3.63, 3.8) is 0 Å². The van der Waals surface area contributed by atoms with Gasteiger partial charge in [-0.3, -0.25) is 9.36 Å². The lowest BCUT2D eigenvalue weighted by Crippen LogP contribution is -2.22. The summed E-state index contributed by atoms with van der Waals surface area (Å²) < 4.78 is 6.69. The molecule has 1 N–H and O–H groups in total. The number of H-pyrrole nitrogens is 1. The molecule has 0 bridgehead atoms. The van der Waals surface area contributed by atoms with Gasteiger partial charge in [0.2, 0.25) is 0 Å². The van der Waals surface area contributed by atoms with E-state index in [1.54, 1.807) is 17.4 Å². The molecule has 0 aliphatic heterocycles. The minimum atomic E-state index is -0.0800. The highest BCUT2D eigenvalue weighted by Gasteiger charge is 2.13. The van der Waals surface area contributed by atoms with E-state index in [1.807, 2.05) is 13.8 Å². The fourth-order valence-electron chi connectivity index (χ4n) is 1.99. The number of aryl methyl sites for hydroxylation is 2. The lowest BCUT2D eigenvalue weighted by molar-refractivity contribution is 0.409. The number of fused-ring (bicyclic) bond motifs is 1. The number of aromatic amines is 1. The van der Waals surface area contributed by atoms with E-state index in [-0.39, 0.29) is 5.56 Å². The maximum Gasteiger partial charge on any atom is 0.263 e. The van der Waals surface area contributed by atoms with E-state index < -0.39 is 0 Å². The van der Waals surface area contributed by atoms with Crippen molar-refractivity contribution in [2.24, 2.45) is 0 Å². The van der Waals surface area contributed by atoms with Crippen molar-refractivity contribution in [2.45, 2.75) is 20.4 Å². The molecule has 0 saturated heterocycles. The summed E-state index contributed by atoms with van der Waals surface area (Å²) in [4.78, 5) is 17.6. The summed E-state index contributed by atoms with van der Waals surface area (Å²) in [5, 5.41) is 4.52. The minimum Gasteiger partial charge on any atom is -0.364 e. The monoisotopic (exact) mass is 293 g/mol. The van der Waals surface area contributed by atoms with Crippen LogP contribution < -0.4 is 5.56 Å². The van der Waals surface area contributed by atoms with Gasteiger partial charge in [0.25, 0.3) is 5.56 Å². The molecule has 0 aromatic carbocycles. The van der Waals surface area contributed by atoms with Gasteiger partial charge >= 0.3 is 0 Å². The first-order valence-electron chi connectivity index (χ1n) is 5.70. The normalized spacial score (nSPS) is 11.3. The molecule has 0 saturated carbocycles. The molecule has 3 aromatic heterocycles. The SMILES string of the molecule is Cc1sc2[nH]c(=S)n(Cc3ccon3)c(=O)c2c1C. The fraction of sp³-hybridized carbons (Fsp3) is 0.250. The Morgan fingerprint density at radius 1 is 1.53 bits per heavy atom. The number of hydrogen-bond acceptors (Lipinski definition) is 5. The van der Waals surface area contributed by atoms with Crippen molar-refractivity contribution < 1.29 is 4.52 Å². The second-order valence-electron chi connectivity index (χ2n) is 4.30. The van der Waals surface area contributed by atoms with Crippen LogP contribution in [-0.2, 0) is 6.54 Å². The van der Waals surface area contributed by atoms with Gasteiger partial charge in [-0.1, -0.05) is 5.16 Å². The third-order valence-corrected chi connectivity index (χ3v) is 4.57. The molecule has 3 aromatic rings. The van der Waals surface area contributed by atoms with Crippen molar-refractivity contribution in [3.8, 4) is 0 Å². The van der Waals surface area contributed by atoms with Crippen LogP contribution in [0.3, 0.4) is 0 Å². The third-order valence-electron chi connectivity index (χ3n) is 3.12. The van der Waals surface area contributed by atoms with Crippen molar-refractivity contribution in [1.82, 2.24) is 14.7 Å². The van der Waals surface area contributed by atoms with Crippen LogP contribution in [0.5, 0.6) is 0 Å². The van der Waals surface area contributed by atoms with Gasteiger partial charge < -0.3 is 9.51 Å². The van der Waals surface area contributed by atoms with Crippen LogP contribution in [-0.4, -0.2) is 14.7 Å². The number of nitrogens with zero attached hydrogens (tertiary/aromatic N) is 2. The number of rotatable bonds is 2. The van der Waals surface area contributed by atoms with Crippen LogP contribution in [0, 0.1) is 18.6 Å². The number of aromatic nitrogens is 3. The number of thiophene rings is 1. The summed E-state index contributed by atoms with van der Waals surface area (Å²) >= 11 is 6.80. The van der Waals surface area contributed by atoms with E-state index in [0.29, 0.717) is 22.4 Å². The predicted molar refractivity (Wildman–Crippen MR) is 76.3 cm³/mol. The summed E-state index contributed by atoms with van der Waals surface area (Å²) in [7, 11) is 0. The Labute approximate surface area is 117 Å². The molecule has 0 radical (unpaired) electrons. The van der Waals surface area contributed by atoms with Crippen LogP contribution in [0.1, 0.15) is 16.1 Å². The van der Waals surface area contributed by atoms with E-state index >= 15 is 0 Å². The average molecular weight is 293 g/mol. The molecular formula is C12H11N3O2S2. The molecule has 98 valence electrons. The summed E-state index contributed by atoms with van der Waals surface area (Å²) in [6.07, 6.45) is 1.48. The van der Waals surface area contributed by atoms with Gasteiger partial charge in [-0.2, -0.15) is 0 Å². The second-order valence-corrected chi connectivity index (χ2v) is 5.91. The Hall–Kier alpha value is -1.73. The molecule has 7 heteroatoms. The maximum atomic E-state index is 12.5. The van der Waals surface area contributed by atoms with Gasteiger partial charge in [0, 0.05) is 10.9 Å². The topological polar surface area (TPSA) is 63.8 Å². The van der Waals surface area contributed by atoms with E-state index in [0.717, 1.165) is 15.3 Å². The van der Waals surface area contributed by atoms with Gasteiger partial charge in [-0.15, -0.1) is 11.3 Å². The highest BCUT2D eigenvalue weighted by molar-refractivity contribution is 7.71. The zero-order chi connectivity index (χ0) is 13.6. The van der Waals surface area contributed by atoms with Gasteiger partial charge in [-0.05, 0) is 31.6 Å². The molecule has 3 rings (SSSR count). The van der Waals surface area contributed by atoms with Crippen molar-refractivity contribution in [2.75, 3.05) is 0 Å². The largest absolute Gasteiger partial charge is 0.364 e. The summed E-state index contributed by atoms with van der Waals surface area (Å²) in [6.45, 7) is 4.26. The predicted octanol–water partition coefficient (Wildman–Crippen LogP) is 2.77. The van der Waals surface area contributed by atoms with Gasteiger partial charge in [-0.25, -0.2) is 0 Å². The Kier molecular flexibility index (Phi) is 2.87. The van der Waals surface area contributed by atoms with Crippen molar-refractivity contribution in [1.29, 1.82) is 0 Å². The summed E-state index contributed by atoms with van der Waals surface area (Å²) in [5.41, 5.74) is 1.60. The quantitative estimate of drug-likeness (QED) is 0.738. The molecule has 0 aliphatic rings. The van der Waals surface area contributed by atoms with E-state index in [1.165, 1.54) is 10.8 Å². The zero-order valence-electron chi connectivity index (χ0n) is 10.4. The van der Waals surface area contributed by atoms with Crippen LogP contribution in [0.4, 0.5) is 0 Å². The van der Waals surface area contributed by atoms with E-state index in [9.17, 15) is 4.79 Å². The van der Waals surface area contributed by atoms with Gasteiger partial charge in [0.1, 0.15) is 16.8 Å². The Morgan fingerprint density at radius 2 is 2.32 bits per heavy atom. The number of nitrogens with one attached hydrogen (secondary N) is 1. The van der Waals surface area contributed by atoms with Crippen molar-refractivity contribution in [3.05, 3.63) is 43.6 Å². The highest BCUT2D eigenvalue weighted by Crippen LogP contribution is 2.25. The number of hydrogen-bond donors (Lipinski definition) is 1. The molecule has 0 atom stereocenters. The second kappa shape index (κ2) is 4.43. The summed E-state index contributed by atoms with van der Waals surface area (Å²) in [6, 6.07) is 1.72. The van der Waals surface area contributed by atoms with E-state index in [2.05, 4.69) is 10.1 Å². The molecular weight excluding hydrogens is 282 g/mol. The Balaban J connectivity index is 2.28. The smallest absolute Gasteiger partial charge is 0.263 e. The first-order valence-corrected chi connectivity index (χ1v) is 6.92. The fourth-order valence-corrected chi connectivity index (χ4v) is 3.35. The molecule has 3 heterocycles. The lowest BCUT2D eigenvalue weighted by atomic mass is 10.2. The van der Waals surface area contributed by atoms with E-state index in [4.69, 9.17) is 16.7 Å². The van der Waals surface area contributed by atoms with Gasteiger partial charge in [0.15, 0.2) is 4.77 Å². The van der Waals surface area contributed by atoms with Crippen LogP contribution >= 0.6 is 23.6 Å². The molecule has 5 nitrogen and oxygen atoms in total. The molecule has 0 spiro atoms.